The number of rotatable bonds is 5. The van der Waals surface area contributed by atoms with Crippen LogP contribution in [0.1, 0.15) is 18.4 Å². The van der Waals surface area contributed by atoms with Gasteiger partial charge in [-0.1, -0.05) is 0 Å². The molecule has 11 heteroatoms. The fraction of sp³-hybridized carbons (Fsp3) is 0.588. The third kappa shape index (κ3) is 5.05. The van der Waals surface area contributed by atoms with Crippen LogP contribution in [0.3, 0.4) is 0 Å². The second-order valence-electron chi connectivity index (χ2n) is 6.99. The minimum absolute atomic E-state index is 0. The van der Waals surface area contributed by atoms with Gasteiger partial charge in [-0.15, -0.1) is 12.4 Å². The van der Waals surface area contributed by atoms with E-state index in [9.17, 15) is 28.1 Å². The summed E-state index contributed by atoms with van der Waals surface area (Å²) in [6, 6.07) is 2.57. The Hall–Kier alpha value is -2.07. The summed E-state index contributed by atoms with van der Waals surface area (Å²) in [4.78, 5) is 24.4. The molecule has 0 aliphatic carbocycles. The van der Waals surface area contributed by atoms with Gasteiger partial charge in [0.2, 0.25) is 5.91 Å². The Labute approximate surface area is 166 Å². The monoisotopic (exact) mass is 422 g/mol. The third-order valence-corrected chi connectivity index (χ3v) is 5.14. The summed E-state index contributed by atoms with van der Waals surface area (Å²) in [6.07, 6.45) is -3.62. The first kappa shape index (κ1) is 22.2. The first-order valence-corrected chi connectivity index (χ1v) is 8.84. The fourth-order valence-electron chi connectivity index (χ4n) is 3.38. The molecule has 2 heterocycles. The van der Waals surface area contributed by atoms with Gasteiger partial charge in [-0.2, -0.15) is 13.2 Å². The highest BCUT2D eigenvalue weighted by molar-refractivity contribution is 5.85. The summed E-state index contributed by atoms with van der Waals surface area (Å²) in [5, 5.41) is 17.3. The standard InChI is InChI=1S/C17H21F3N4O3.ClH/c18-17(19,20)13-1-2-14(15(7-13)24(26)27)23-5-3-12(4-6-23)16(25)22-10-11-8-21-9-11;/h1-2,7,11-12,21H,3-6,8-10H2,(H,22,25);1H. The zero-order chi connectivity index (χ0) is 19.6. The smallest absolute Gasteiger partial charge is 0.366 e. The fourth-order valence-corrected chi connectivity index (χ4v) is 3.38. The van der Waals surface area contributed by atoms with Crippen LogP contribution in [0.25, 0.3) is 0 Å². The van der Waals surface area contributed by atoms with Gasteiger partial charge < -0.3 is 15.5 Å². The molecule has 0 atom stereocenters. The van der Waals surface area contributed by atoms with Gasteiger partial charge in [-0.05, 0) is 25.0 Å². The van der Waals surface area contributed by atoms with Crippen LogP contribution in [-0.4, -0.2) is 43.6 Å². The lowest BCUT2D eigenvalue weighted by atomic mass is 9.94. The molecule has 0 aromatic heterocycles. The van der Waals surface area contributed by atoms with Crippen LogP contribution in [0, 0.1) is 22.0 Å². The van der Waals surface area contributed by atoms with E-state index >= 15 is 0 Å². The third-order valence-electron chi connectivity index (χ3n) is 5.14. The summed E-state index contributed by atoms with van der Waals surface area (Å²) in [5.41, 5.74) is -1.45. The maximum atomic E-state index is 12.8. The van der Waals surface area contributed by atoms with E-state index in [1.807, 2.05) is 0 Å². The molecule has 0 bridgehead atoms. The van der Waals surface area contributed by atoms with Crippen molar-refractivity contribution in [2.45, 2.75) is 19.0 Å². The SMILES string of the molecule is Cl.O=C(NCC1CNC1)C1CCN(c2ccc(C(F)(F)F)cc2[N+](=O)[O-])CC1. The number of hydrogen-bond acceptors (Lipinski definition) is 5. The Balaban J connectivity index is 0.00000280. The zero-order valence-electron chi connectivity index (χ0n) is 15.0. The Morgan fingerprint density at radius 1 is 1.29 bits per heavy atom. The number of nitro groups is 1. The van der Waals surface area contributed by atoms with Gasteiger partial charge in [0.05, 0.1) is 10.5 Å². The van der Waals surface area contributed by atoms with Crippen molar-refractivity contribution in [2.75, 3.05) is 37.6 Å². The van der Waals surface area contributed by atoms with Crippen molar-refractivity contribution in [1.29, 1.82) is 0 Å². The number of halogens is 4. The van der Waals surface area contributed by atoms with Crippen LogP contribution in [-0.2, 0) is 11.0 Å². The number of piperidine rings is 1. The van der Waals surface area contributed by atoms with E-state index < -0.39 is 22.4 Å². The van der Waals surface area contributed by atoms with Gasteiger partial charge >= 0.3 is 6.18 Å². The summed E-state index contributed by atoms with van der Waals surface area (Å²) in [7, 11) is 0. The van der Waals surface area contributed by atoms with E-state index in [1.165, 1.54) is 0 Å². The minimum Gasteiger partial charge on any atom is -0.366 e. The molecule has 2 aliphatic heterocycles. The van der Waals surface area contributed by atoms with Crippen molar-refractivity contribution in [3.63, 3.8) is 0 Å². The van der Waals surface area contributed by atoms with Gasteiger partial charge in [-0.3, -0.25) is 14.9 Å². The largest absolute Gasteiger partial charge is 0.416 e. The number of hydrogen-bond donors (Lipinski definition) is 2. The number of benzene rings is 1. The second-order valence-corrected chi connectivity index (χ2v) is 6.99. The molecule has 2 aliphatic rings. The number of nitro benzene ring substituents is 1. The molecule has 2 saturated heterocycles. The molecular weight excluding hydrogens is 401 g/mol. The first-order valence-electron chi connectivity index (χ1n) is 8.84. The predicted octanol–water partition coefficient (Wildman–Crippen LogP) is 2.59. The van der Waals surface area contributed by atoms with Crippen molar-refractivity contribution in [1.82, 2.24) is 10.6 Å². The molecule has 1 aromatic carbocycles. The molecular formula is C17H22ClF3N4O3. The van der Waals surface area contributed by atoms with Gasteiger partial charge in [0.1, 0.15) is 5.69 Å². The van der Waals surface area contributed by atoms with Gasteiger partial charge in [0.15, 0.2) is 0 Å². The van der Waals surface area contributed by atoms with Crippen molar-refractivity contribution in [3.05, 3.63) is 33.9 Å². The van der Waals surface area contributed by atoms with Gasteiger partial charge in [-0.25, -0.2) is 0 Å². The van der Waals surface area contributed by atoms with E-state index in [0.717, 1.165) is 25.2 Å². The maximum Gasteiger partial charge on any atom is 0.416 e. The maximum absolute atomic E-state index is 12.8. The number of carbonyl (C=O) groups is 1. The van der Waals surface area contributed by atoms with E-state index in [-0.39, 0.29) is 29.9 Å². The van der Waals surface area contributed by atoms with Gasteiger partial charge in [0.25, 0.3) is 5.69 Å². The van der Waals surface area contributed by atoms with E-state index in [4.69, 9.17) is 0 Å². The Morgan fingerprint density at radius 3 is 2.43 bits per heavy atom. The van der Waals surface area contributed by atoms with Crippen molar-refractivity contribution < 1.29 is 22.9 Å². The number of amides is 1. The molecule has 2 N–H and O–H groups in total. The molecule has 28 heavy (non-hydrogen) atoms. The number of nitrogens with zero attached hydrogens (tertiary/aromatic N) is 2. The van der Waals surface area contributed by atoms with E-state index in [0.29, 0.717) is 44.5 Å². The molecule has 0 spiro atoms. The van der Waals surface area contributed by atoms with Crippen LogP contribution in [0.15, 0.2) is 18.2 Å². The predicted molar refractivity (Wildman–Crippen MR) is 99.7 cm³/mol. The normalized spacial score (nSPS) is 18.2. The molecule has 0 saturated carbocycles. The van der Waals surface area contributed by atoms with Gasteiger partial charge in [0, 0.05) is 50.6 Å². The minimum atomic E-state index is -4.63. The summed E-state index contributed by atoms with van der Waals surface area (Å²) in [5.74, 6) is 0.259. The molecule has 0 unspecified atom stereocenters. The number of alkyl halides is 3. The van der Waals surface area contributed by atoms with Crippen molar-refractivity contribution >= 4 is 29.7 Å². The quantitative estimate of drug-likeness (QED) is 0.562. The molecule has 2 fully saturated rings. The number of carbonyl (C=O) groups excluding carboxylic acids is 1. The van der Waals surface area contributed by atoms with E-state index in [1.54, 1.807) is 4.90 Å². The van der Waals surface area contributed by atoms with Crippen LogP contribution in [0.5, 0.6) is 0 Å². The summed E-state index contributed by atoms with van der Waals surface area (Å²) < 4.78 is 38.5. The zero-order valence-corrected chi connectivity index (χ0v) is 15.8. The summed E-state index contributed by atoms with van der Waals surface area (Å²) >= 11 is 0. The number of anilines is 1. The molecule has 0 radical (unpaired) electrons. The molecule has 156 valence electrons. The lowest BCUT2D eigenvalue weighted by Gasteiger charge is -2.33. The Morgan fingerprint density at radius 2 is 1.93 bits per heavy atom. The molecule has 1 amide bonds. The average Bonchev–Trinajstić information content (AvgIpc) is 2.59. The molecule has 7 nitrogen and oxygen atoms in total. The lowest BCUT2D eigenvalue weighted by Crippen LogP contribution is -2.49. The van der Waals surface area contributed by atoms with Crippen LogP contribution in [0.2, 0.25) is 0 Å². The average molecular weight is 423 g/mol. The first-order chi connectivity index (χ1) is 12.8. The lowest BCUT2D eigenvalue weighted by molar-refractivity contribution is -0.384. The van der Waals surface area contributed by atoms with Crippen LogP contribution >= 0.6 is 12.4 Å². The molecule has 1 aromatic rings. The topological polar surface area (TPSA) is 87.5 Å². The number of nitrogens with one attached hydrogen (secondary N) is 2. The highest BCUT2D eigenvalue weighted by atomic mass is 35.5. The van der Waals surface area contributed by atoms with Crippen LogP contribution < -0.4 is 15.5 Å². The van der Waals surface area contributed by atoms with Crippen LogP contribution in [0.4, 0.5) is 24.5 Å². The van der Waals surface area contributed by atoms with E-state index in [2.05, 4.69) is 10.6 Å². The highest BCUT2D eigenvalue weighted by Gasteiger charge is 2.35. The Bertz CT molecular complexity index is 720. The Kier molecular flexibility index (Phi) is 7.11. The molecule has 3 rings (SSSR count). The van der Waals surface area contributed by atoms with Crippen molar-refractivity contribution in [2.24, 2.45) is 11.8 Å². The second kappa shape index (κ2) is 8.95. The highest BCUT2D eigenvalue weighted by Crippen LogP contribution is 2.37. The summed E-state index contributed by atoms with van der Waals surface area (Å²) in [6.45, 7) is 3.20. The van der Waals surface area contributed by atoms with Crippen molar-refractivity contribution in [3.8, 4) is 0 Å².